The van der Waals surface area contributed by atoms with Crippen LogP contribution in [0.2, 0.25) is 0 Å². The molecule has 0 fully saturated rings. The van der Waals surface area contributed by atoms with Gasteiger partial charge in [0.25, 0.3) is 0 Å². The standard InChI is InChI=1S/C14H10F4O6S2/c1-25(19,20)23-13-10(7-3-8(15)5-9(16)4-7)6-11(17)14(12(13)18)24-26(2,21)22/h3-6H,1-2H3. The topological polar surface area (TPSA) is 86.7 Å². The van der Waals surface area contributed by atoms with Crippen LogP contribution in [-0.2, 0) is 20.2 Å². The normalized spacial score (nSPS) is 12.1. The van der Waals surface area contributed by atoms with Gasteiger partial charge in [0.05, 0.1) is 12.5 Å². The Balaban J connectivity index is 2.83. The molecule has 2 aromatic carbocycles. The molecule has 0 spiro atoms. The van der Waals surface area contributed by atoms with Crippen LogP contribution in [0.3, 0.4) is 0 Å². The Morgan fingerprint density at radius 1 is 0.731 bits per heavy atom. The Morgan fingerprint density at radius 2 is 1.19 bits per heavy atom. The molecular formula is C14H10F4O6S2. The summed E-state index contributed by atoms with van der Waals surface area (Å²) in [5.74, 6) is -8.23. The maximum atomic E-state index is 14.5. The van der Waals surface area contributed by atoms with Crippen molar-refractivity contribution in [2.45, 2.75) is 0 Å². The van der Waals surface area contributed by atoms with Crippen LogP contribution in [-0.4, -0.2) is 29.3 Å². The molecule has 0 aliphatic rings. The van der Waals surface area contributed by atoms with E-state index < -0.39 is 66.1 Å². The van der Waals surface area contributed by atoms with Crippen LogP contribution in [0.1, 0.15) is 0 Å². The minimum Gasteiger partial charge on any atom is -0.379 e. The van der Waals surface area contributed by atoms with Crippen molar-refractivity contribution >= 4 is 20.2 Å². The van der Waals surface area contributed by atoms with Crippen molar-refractivity contribution in [2.75, 3.05) is 12.5 Å². The van der Waals surface area contributed by atoms with E-state index in [9.17, 15) is 34.4 Å². The van der Waals surface area contributed by atoms with Gasteiger partial charge < -0.3 is 8.37 Å². The summed E-state index contributed by atoms with van der Waals surface area (Å²) in [7, 11) is -8.76. The molecule has 142 valence electrons. The Kier molecular flexibility index (Phi) is 5.19. The molecule has 0 unspecified atom stereocenters. The first-order valence-corrected chi connectivity index (χ1v) is 10.2. The molecule has 0 aliphatic carbocycles. The summed E-state index contributed by atoms with van der Waals surface area (Å²) >= 11 is 0. The summed E-state index contributed by atoms with van der Waals surface area (Å²) < 4.78 is 109. The second-order valence-electron chi connectivity index (χ2n) is 5.11. The summed E-state index contributed by atoms with van der Waals surface area (Å²) in [5.41, 5.74) is -1.13. The fourth-order valence-corrected chi connectivity index (χ4v) is 2.89. The fourth-order valence-electron chi connectivity index (χ4n) is 1.97. The van der Waals surface area contributed by atoms with Crippen LogP contribution in [0.15, 0.2) is 24.3 Å². The van der Waals surface area contributed by atoms with Gasteiger partial charge in [-0.25, -0.2) is 13.2 Å². The van der Waals surface area contributed by atoms with Gasteiger partial charge in [0.15, 0.2) is 11.6 Å². The van der Waals surface area contributed by atoms with Crippen molar-refractivity contribution in [3.05, 3.63) is 47.5 Å². The van der Waals surface area contributed by atoms with E-state index >= 15 is 0 Å². The van der Waals surface area contributed by atoms with Crippen molar-refractivity contribution in [1.82, 2.24) is 0 Å². The van der Waals surface area contributed by atoms with Crippen LogP contribution in [0, 0.1) is 23.3 Å². The number of halogens is 4. The van der Waals surface area contributed by atoms with Gasteiger partial charge in [-0.1, -0.05) is 0 Å². The van der Waals surface area contributed by atoms with E-state index in [-0.39, 0.29) is 0 Å². The highest BCUT2D eigenvalue weighted by atomic mass is 32.2. The summed E-state index contributed by atoms with van der Waals surface area (Å²) in [5, 5.41) is 0. The lowest BCUT2D eigenvalue weighted by Gasteiger charge is -2.14. The van der Waals surface area contributed by atoms with E-state index in [0.29, 0.717) is 36.8 Å². The molecule has 0 heterocycles. The van der Waals surface area contributed by atoms with Crippen molar-refractivity contribution in [3.8, 4) is 22.6 Å². The van der Waals surface area contributed by atoms with Gasteiger partial charge in [-0.05, 0) is 23.8 Å². The molecule has 2 aromatic rings. The second kappa shape index (κ2) is 6.76. The highest BCUT2D eigenvalue weighted by molar-refractivity contribution is 7.86. The third-order valence-corrected chi connectivity index (χ3v) is 3.71. The first kappa shape index (κ1) is 20.0. The lowest BCUT2D eigenvalue weighted by molar-refractivity contribution is 0.418. The Labute approximate surface area is 146 Å². The SMILES string of the molecule is CS(=O)(=O)Oc1c(F)cc(-c2cc(F)cc(F)c2)c(OS(C)(=O)=O)c1F. The first-order valence-electron chi connectivity index (χ1n) is 6.54. The average Bonchev–Trinajstić information content (AvgIpc) is 2.43. The highest BCUT2D eigenvalue weighted by Gasteiger charge is 2.27. The minimum atomic E-state index is -4.38. The Morgan fingerprint density at radius 3 is 1.65 bits per heavy atom. The highest BCUT2D eigenvalue weighted by Crippen LogP contribution is 2.40. The molecule has 12 heteroatoms. The van der Waals surface area contributed by atoms with Gasteiger partial charge in [0.2, 0.25) is 11.6 Å². The smallest absolute Gasteiger partial charge is 0.306 e. The van der Waals surface area contributed by atoms with Gasteiger partial charge in [0, 0.05) is 11.6 Å². The maximum Gasteiger partial charge on any atom is 0.306 e. The predicted octanol–water partition coefficient (Wildman–Crippen LogP) is 2.59. The van der Waals surface area contributed by atoms with Gasteiger partial charge in [0.1, 0.15) is 11.6 Å². The number of rotatable bonds is 5. The van der Waals surface area contributed by atoms with Gasteiger partial charge in [-0.15, -0.1) is 0 Å². The molecule has 0 N–H and O–H groups in total. The van der Waals surface area contributed by atoms with E-state index in [2.05, 4.69) is 8.37 Å². The Bertz CT molecular complexity index is 1060. The molecule has 0 aliphatic heterocycles. The van der Waals surface area contributed by atoms with Crippen LogP contribution in [0.5, 0.6) is 11.5 Å². The van der Waals surface area contributed by atoms with E-state index in [1.807, 2.05) is 0 Å². The van der Waals surface area contributed by atoms with Gasteiger partial charge >= 0.3 is 20.2 Å². The molecule has 6 nitrogen and oxygen atoms in total. The average molecular weight is 414 g/mol. The van der Waals surface area contributed by atoms with Crippen molar-refractivity contribution in [3.63, 3.8) is 0 Å². The molecule has 2 rings (SSSR count). The summed E-state index contributed by atoms with van der Waals surface area (Å²) in [6, 6.07) is 2.25. The quantitative estimate of drug-likeness (QED) is 0.552. The molecule has 26 heavy (non-hydrogen) atoms. The van der Waals surface area contributed by atoms with E-state index in [0.717, 1.165) is 0 Å². The minimum absolute atomic E-state index is 0.429. The van der Waals surface area contributed by atoms with Gasteiger partial charge in [-0.3, -0.25) is 0 Å². The van der Waals surface area contributed by atoms with Gasteiger partial charge in [-0.2, -0.15) is 21.2 Å². The first-order chi connectivity index (χ1) is 11.8. The van der Waals surface area contributed by atoms with E-state index in [1.165, 1.54) is 0 Å². The van der Waals surface area contributed by atoms with E-state index in [4.69, 9.17) is 0 Å². The lowest BCUT2D eigenvalue weighted by Crippen LogP contribution is -2.12. The Hall–Kier alpha value is -2.34. The van der Waals surface area contributed by atoms with E-state index in [1.54, 1.807) is 0 Å². The zero-order chi connectivity index (χ0) is 19.9. The van der Waals surface area contributed by atoms with Crippen molar-refractivity contribution < 1.29 is 42.8 Å². The summed E-state index contributed by atoms with van der Waals surface area (Å²) in [4.78, 5) is 0. The van der Waals surface area contributed by atoms with Crippen molar-refractivity contribution in [2.24, 2.45) is 0 Å². The van der Waals surface area contributed by atoms with Crippen LogP contribution < -0.4 is 8.37 Å². The molecule has 0 bridgehead atoms. The molecule has 0 saturated carbocycles. The third kappa shape index (κ3) is 4.85. The fraction of sp³-hybridized carbons (Fsp3) is 0.143. The predicted molar refractivity (Wildman–Crippen MR) is 82.7 cm³/mol. The lowest BCUT2D eigenvalue weighted by atomic mass is 10.0. The largest absolute Gasteiger partial charge is 0.379 e. The summed E-state index contributed by atoms with van der Waals surface area (Å²) in [6.45, 7) is 0. The number of hydrogen-bond acceptors (Lipinski definition) is 6. The number of hydrogen-bond donors (Lipinski definition) is 0. The number of benzene rings is 2. The molecule has 0 atom stereocenters. The van der Waals surface area contributed by atoms with Crippen LogP contribution in [0.4, 0.5) is 17.6 Å². The molecule has 0 aromatic heterocycles. The zero-order valence-electron chi connectivity index (χ0n) is 13.1. The third-order valence-electron chi connectivity index (χ3n) is 2.77. The second-order valence-corrected chi connectivity index (χ2v) is 8.26. The molecular weight excluding hydrogens is 404 g/mol. The molecule has 0 saturated heterocycles. The summed E-state index contributed by atoms with van der Waals surface area (Å²) in [6.07, 6.45) is 1.03. The van der Waals surface area contributed by atoms with Crippen LogP contribution >= 0.6 is 0 Å². The maximum absolute atomic E-state index is 14.5. The van der Waals surface area contributed by atoms with Crippen molar-refractivity contribution in [1.29, 1.82) is 0 Å². The molecule has 0 radical (unpaired) electrons. The van der Waals surface area contributed by atoms with Crippen LogP contribution in [0.25, 0.3) is 11.1 Å². The zero-order valence-corrected chi connectivity index (χ0v) is 14.7. The monoisotopic (exact) mass is 414 g/mol. The molecule has 0 amide bonds.